The van der Waals surface area contributed by atoms with Crippen molar-refractivity contribution in [2.24, 2.45) is 0 Å². The largest absolute Gasteiger partial charge is 0.348 e. The van der Waals surface area contributed by atoms with E-state index in [0.29, 0.717) is 0 Å². The van der Waals surface area contributed by atoms with E-state index >= 15 is 0 Å². The van der Waals surface area contributed by atoms with Gasteiger partial charge in [0.2, 0.25) is 11.8 Å². The van der Waals surface area contributed by atoms with Crippen LogP contribution in [0.25, 0.3) is 0 Å². The Kier molecular flexibility index (Phi) is 3.10. The number of nitrogens with zero attached hydrogens (tertiary/aromatic N) is 1. The first kappa shape index (κ1) is 12.0. The molecule has 1 heterocycles. The normalized spacial score (nSPS) is 16.1. The number of carbonyl (C=O) groups excluding carboxylic acids is 2. The highest BCUT2D eigenvalue weighted by molar-refractivity contribution is 9.10. The van der Waals surface area contributed by atoms with Crippen molar-refractivity contribution in [1.82, 2.24) is 5.32 Å². The van der Waals surface area contributed by atoms with Crippen molar-refractivity contribution in [2.75, 3.05) is 18.0 Å². The number of piperazine rings is 1. The van der Waals surface area contributed by atoms with Crippen LogP contribution in [0, 0.1) is 11.6 Å². The van der Waals surface area contributed by atoms with E-state index in [1.54, 1.807) is 0 Å². The topological polar surface area (TPSA) is 49.4 Å². The van der Waals surface area contributed by atoms with Crippen LogP contribution in [-0.4, -0.2) is 24.9 Å². The van der Waals surface area contributed by atoms with Crippen LogP contribution in [0.5, 0.6) is 0 Å². The summed E-state index contributed by atoms with van der Waals surface area (Å²) in [5.41, 5.74) is -0.364. The minimum atomic E-state index is -0.820. The van der Waals surface area contributed by atoms with Gasteiger partial charge in [-0.2, -0.15) is 0 Å². The van der Waals surface area contributed by atoms with Crippen LogP contribution in [0.15, 0.2) is 16.6 Å². The lowest BCUT2D eigenvalue weighted by Crippen LogP contribution is -2.52. The van der Waals surface area contributed by atoms with Crippen LogP contribution >= 0.6 is 15.9 Å². The molecule has 4 nitrogen and oxygen atoms in total. The summed E-state index contributed by atoms with van der Waals surface area (Å²) in [6.45, 7) is -0.498. The number of carbonyl (C=O) groups is 2. The van der Waals surface area contributed by atoms with Crippen molar-refractivity contribution >= 4 is 33.4 Å². The first-order chi connectivity index (χ1) is 7.97. The molecule has 7 heteroatoms. The predicted molar refractivity (Wildman–Crippen MR) is 59.4 cm³/mol. The molecule has 0 unspecified atom stereocenters. The number of imide groups is 1. The van der Waals surface area contributed by atoms with Crippen molar-refractivity contribution in [3.63, 3.8) is 0 Å². The van der Waals surface area contributed by atoms with Gasteiger partial charge in [0.15, 0.2) is 11.6 Å². The van der Waals surface area contributed by atoms with Crippen LogP contribution in [0.3, 0.4) is 0 Å². The van der Waals surface area contributed by atoms with Crippen LogP contribution in [0.1, 0.15) is 0 Å². The summed E-state index contributed by atoms with van der Waals surface area (Å²) in [6.07, 6.45) is 0. The summed E-state index contributed by atoms with van der Waals surface area (Å²) in [5, 5.41) is 2.06. The van der Waals surface area contributed by atoms with Crippen molar-refractivity contribution in [1.29, 1.82) is 0 Å². The van der Waals surface area contributed by atoms with Gasteiger partial charge in [0.25, 0.3) is 0 Å². The summed E-state index contributed by atoms with van der Waals surface area (Å²) >= 11 is 2.95. The Bertz CT molecular complexity index is 468. The molecule has 1 aliphatic rings. The highest BCUT2D eigenvalue weighted by Gasteiger charge is 2.27. The zero-order chi connectivity index (χ0) is 12.6. The molecule has 1 saturated heterocycles. The molecular weight excluding hydrogens is 298 g/mol. The molecule has 0 bridgehead atoms. The third kappa shape index (κ3) is 2.44. The van der Waals surface area contributed by atoms with Gasteiger partial charge in [0.05, 0.1) is 13.1 Å². The number of hydrogen-bond donors (Lipinski definition) is 1. The molecule has 1 N–H and O–H groups in total. The molecule has 90 valence electrons. The molecule has 0 spiro atoms. The Morgan fingerprint density at radius 1 is 1.12 bits per heavy atom. The second kappa shape index (κ2) is 4.40. The average Bonchev–Trinajstić information content (AvgIpc) is 2.13. The van der Waals surface area contributed by atoms with Crippen molar-refractivity contribution in [3.8, 4) is 0 Å². The molecule has 1 aromatic rings. The average molecular weight is 305 g/mol. The van der Waals surface area contributed by atoms with Crippen molar-refractivity contribution < 1.29 is 18.4 Å². The van der Waals surface area contributed by atoms with E-state index in [4.69, 9.17) is 0 Å². The van der Waals surface area contributed by atoms with Crippen molar-refractivity contribution in [2.45, 2.75) is 0 Å². The predicted octanol–water partition coefficient (Wildman–Crippen LogP) is 1.19. The molecule has 2 rings (SSSR count). The Morgan fingerprint density at radius 2 is 1.59 bits per heavy atom. The number of hydrogen-bond acceptors (Lipinski definition) is 3. The fourth-order valence-corrected chi connectivity index (χ4v) is 2.03. The number of halogens is 3. The van der Waals surface area contributed by atoms with E-state index in [1.165, 1.54) is 0 Å². The van der Waals surface area contributed by atoms with Crippen LogP contribution < -0.4 is 10.2 Å². The molecule has 1 fully saturated rings. The fourth-order valence-electron chi connectivity index (χ4n) is 1.63. The Hall–Kier alpha value is -1.50. The van der Waals surface area contributed by atoms with E-state index < -0.39 is 23.4 Å². The summed E-state index contributed by atoms with van der Waals surface area (Å²) in [6, 6.07) is 2.16. The Morgan fingerprint density at radius 3 is 2.06 bits per heavy atom. The zero-order valence-electron chi connectivity index (χ0n) is 8.47. The van der Waals surface area contributed by atoms with E-state index in [2.05, 4.69) is 21.2 Å². The smallest absolute Gasteiger partial charge is 0.246 e. The highest BCUT2D eigenvalue weighted by atomic mass is 79.9. The molecule has 1 aromatic carbocycles. The summed E-state index contributed by atoms with van der Waals surface area (Å²) in [5.74, 6) is -2.80. The van der Waals surface area contributed by atoms with Crippen LogP contribution in [0.2, 0.25) is 0 Å². The maximum Gasteiger partial charge on any atom is 0.246 e. The molecular formula is C10H7BrF2N2O2. The first-order valence-corrected chi connectivity index (χ1v) is 5.49. The quantitative estimate of drug-likeness (QED) is 0.793. The van der Waals surface area contributed by atoms with E-state index in [1.807, 2.05) is 0 Å². The van der Waals surface area contributed by atoms with Gasteiger partial charge in [0, 0.05) is 4.47 Å². The minimum Gasteiger partial charge on any atom is -0.348 e. The van der Waals surface area contributed by atoms with Gasteiger partial charge in [0.1, 0.15) is 5.69 Å². The fraction of sp³-hybridized carbons (Fsp3) is 0.200. The van der Waals surface area contributed by atoms with Gasteiger partial charge >= 0.3 is 0 Å². The SMILES string of the molecule is O=C1CN(c2c(F)cc(Br)cc2F)CC(=O)N1. The van der Waals surface area contributed by atoms with E-state index in [0.717, 1.165) is 17.0 Å². The number of benzene rings is 1. The van der Waals surface area contributed by atoms with Gasteiger partial charge in [-0.15, -0.1) is 0 Å². The van der Waals surface area contributed by atoms with Crippen LogP contribution in [-0.2, 0) is 9.59 Å². The molecule has 17 heavy (non-hydrogen) atoms. The standard InChI is InChI=1S/C10H7BrF2N2O2/c11-5-1-6(12)10(7(13)2-5)15-3-8(16)14-9(17)4-15/h1-2H,3-4H2,(H,14,16,17). The van der Waals surface area contributed by atoms with Gasteiger partial charge in [-0.3, -0.25) is 14.9 Å². The maximum atomic E-state index is 13.6. The molecule has 1 aliphatic heterocycles. The van der Waals surface area contributed by atoms with Crippen molar-refractivity contribution in [3.05, 3.63) is 28.2 Å². The molecule has 0 aromatic heterocycles. The lowest BCUT2D eigenvalue weighted by Gasteiger charge is -2.27. The number of amides is 2. The van der Waals surface area contributed by atoms with Gasteiger partial charge in [-0.25, -0.2) is 8.78 Å². The maximum absolute atomic E-state index is 13.6. The lowest BCUT2D eigenvalue weighted by atomic mass is 10.2. The number of rotatable bonds is 1. The first-order valence-electron chi connectivity index (χ1n) is 4.69. The van der Waals surface area contributed by atoms with Gasteiger partial charge < -0.3 is 4.90 Å². The molecule has 0 saturated carbocycles. The third-order valence-electron chi connectivity index (χ3n) is 2.25. The lowest BCUT2D eigenvalue weighted by molar-refractivity contribution is -0.130. The molecule has 0 aliphatic carbocycles. The Balaban J connectivity index is 2.40. The number of nitrogens with one attached hydrogen (secondary N) is 1. The minimum absolute atomic E-state index is 0.249. The molecule has 0 radical (unpaired) electrons. The summed E-state index contributed by atoms with van der Waals surface area (Å²) in [7, 11) is 0. The molecule has 2 amide bonds. The zero-order valence-corrected chi connectivity index (χ0v) is 10.1. The Labute approximate surface area is 104 Å². The summed E-state index contributed by atoms with van der Waals surface area (Å²) in [4.78, 5) is 23.3. The van der Waals surface area contributed by atoms with Gasteiger partial charge in [-0.05, 0) is 12.1 Å². The van der Waals surface area contributed by atoms with E-state index in [-0.39, 0.29) is 23.2 Å². The third-order valence-corrected chi connectivity index (χ3v) is 2.70. The van der Waals surface area contributed by atoms with E-state index in [9.17, 15) is 18.4 Å². The van der Waals surface area contributed by atoms with Crippen LogP contribution in [0.4, 0.5) is 14.5 Å². The number of anilines is 1. The summed E-state index contributed by atoms with van der Waals surface area (Å²) < 4.78 is 27.4. The highest BCUT2D eigenvalue weighted by Crippen LogP contribution is 2.27. The van der Waals surface area contributed by atoms with Gasteiger partial charge in [-0.1, -0.05) is 15.9 Å². The monoisotopic (exact) mass is 304 g/mol. The second-order valence-electron chi connectivity index (χ2n) is 3.55. The second-order valence-corrected chi connectivity index (χ2v) is 4.46. The molecule has 0 atom stereocenters.